The van der Waals surface area contributed by atoms with E-state index in [2.05, 4.69) is 36.4 Å². The van der Waals surface area contributed by atoms with Crippen LogP contribution in [0.2, 0.25) is 0 Å². The molecule has 1 atom stereocenters. The van der Waals surface area contributed by atoms with E-state index >= 15 is 0 Å². The monoisotopic (exact) mass is 412 g/mol. The molecule has 0 spiro atoms. The maximum absolute atomic E-state index is 13.8. The van der Waals surface area contributed by atoms with E-state index in [4.69, 9.17) is 9.47 Å². The lowest BCUT2D eigenvalue weighted by Crippen LogP contribution is -2.28. The summed E-state index contributed by atoms with van der Waals surface area (Å²) in [5.41, 5.74) is 3.68. The molecule has 1 saturated carbocycles. The Morgan fingerprint density at radius 1 is 0.967 bits per heavy atom. The topological polar surface area (TPSA) is 35.5 Å². The summed E-state index contributed by atoms with van der Waals surface area (Å²) in [7, 11) is 0. The minimum Gasteiger partial charge on any atom is -0.494 e. The molecular formula is C26H33FO3. The van der Waals surface area contributed by atoms with Crippen molar-refractivity contribution in [3.63, 3.8) is 0 Å². The summed E-state index contributed by atoms with van der Waals surface area (Å²) >= 11 is 0. The van der Waals surface area contributed by atoms with Crippen LogP contribution in [0.3, 0.4) is 0 Å². The number of hydrogen-bond donors (Lipinski definition) is 0. The van der Waals surface area contributed by atoms with Crippen molar-refractivity contribution in [2.45, 2.75) is 77.0 Å². The summed E-state index contributed by atoms with van der Waals surface area (Å²) in [6, 6.07) is 16.9. The van der Waals surface area contributed by atoms with Gasteiger partial charge in [0.25, 0.3) is 0 Å². The molecule has 1 fully saturated rings. The number of ether oxygens (including phenoxy) is 2. The van der Waals surface area contributed by atoms with Crippen LogP contribution in [0.5, 0.6) is 5.75 Å². The van der Waals surface area contributed by atoms with Crippen LogP contribution in [0.15, 0.2) is 48.5 Å². The Morgan fingerprint density at radius 2 is 1.57 bits per heavy atom. The quantitative estimate of drug-likeness (QED) is 0.423. The van der Waals surface area contributed by atoms with Crippen LogP contribution in [-0.2, 0) is 9.53 Å². The van der Waals surface area contributed by atoms with Gasteiger partial charge in [-0.05, 0) is 73.8 Å². The first-order valence-corrected chi connectivity index (χ1v) is 11.3. The Kier molecular flexibility index (Phi) is 8.30. The standard InChI is InChI=1S/C26H33FO3/c1-3-5-6-25(27)26(28)30-24-17-13-22(14-18-24)20-9-7-19(8-10-20)21-11-15-23(16-12-21)29-4-2/h7-12,15-16,22,24-25H,3-6,13-14,17-18H2,1-2H3/t22?,24?,25-/m0/s1. The van der Waals surface area contributed by atoms with Gasteiger partial charge in [0, 0.05) is 0 Å². The summed E-state index contributed by atoms with van der Waals surface area (Å²) in [5, 5.41) is 0. The highest BCUT2D eigenvalue weighted by Gasteiger charge is 2.27. The number of carbonyl (C=O) groups is 1. The Labute approximate surface area is 179 Å². The lowest BCUT2D eigenvalue weighted by atomic mass is 9.82. The SMILES string of the molecule is CCCC[C@H](F)C(=O)OC1CCC(c2ccc(-c3ccc(OCC)cc3)cc2)CC1. The fourth-order valence-corrected chi connectivity index (χ4v) is 4.11. The van der Waals surface area contributed by atoms with Crippen molar-refractivity contribution in [3.8, 4) is 16.9 Å². The molecule has 2 aromatic rings. The fourth-order valence-electron chi connectivity index (χ4n) is 4.11. The number of rotatable bonds is 9. The zero-order valence-corrected chi connectivity index (χ0v) is 18.1. The van der Waals surface area contributed by atoms with Gasteiger partial charge in [-0.2, -0.15) is 0 Å². The highest BCUT2D eigenvalue weighted by atomic mass is 19.1. The van der Waals surface area contributed by atoms with Gasteiger partial charge in [-0.25, -0.2) is 9.18 Å². The van der Waals surface area contributed by atoms with Crippen LogP contribution in [0.4, 0.5) is 4.39 Å². The first kappa shape index (κ1) is 22.3. The van der Waals surface area contributed by atoms with Crippen molar-refractivity contribution in [3.05, 3.63) is 54.1 Å². The highest BCUT2D eigenvalue weighted by molar-refractivity contribution is 5.74. The molecule has 3 rings (SSSR count). The van der Waals surface area contributed by atoms with Crippen molar-refractivity contribution in [2.24, 2.45) is 0 Å². The minimum atomic E-state index is -1.47. The van der Waals surface area contributed by atoms with E-state index < -0.39 is 12.1 Å². The zero-order chi connectivity index (χ0) is 21.3. The number of halogens is 1. The van der Waals surface area contributed by atoms with Crippen LogP contribution in [-0.4, -0.2) is 24.9 Å². The van der Waals surface area contributed by atoms with Crippen molar-refractivity contribution in [1.82, 2.24) is 0 Å². The summed E-state index contributed by atoms with van der Waals surface area (Å²) in [5.74, 6) is 0.682. The van der Waals surface area contributed by atoms with Gasteiger partial charge in [0.05, 0.1) is 6.61 Å². The van der Waals surface area contributed by atoms with E-state index in [0.717, 1.165) is 44.3 Å². The molecule has 0 N–H and O–H groups in total. The zero-order valence-electron chi connectivity index (χ0n) is 18.1. The van der Waals surface area contributed by atoms with Gasteiger partial charge in [-0.15, -0.1) is 0 Å². The fraction of sp³-hybridized carbons (Fsp3) is 0.500. The van der Waals surface area contributed by atoms with Crippen LogP contribution in [0.1, 0.15) is 70.3 Å². The molecular weight excluding hydrogens is 379 g/mol. The molecule has 1 aliphatic rings. The van der Waals surface area contributed by atoms with Crippen LogP contribution in [0.25, 0.3) is 11.1 Å². The molecule has 0 unspecified atom stereocenters. The molecule has 0 aromatic heterocycles. The summed E-state index contributed by atoms with van der Waals surface area (Å²) in [4.78, 5) is 11.9. The number of carbonyl (C=O) groups excluding carboxylic acids is 1. The van der Waals surface area contributed by atoms with Crippen molar-refractivity contribution < 1.29 is 18.7 Å². The van der Waals surface area contributed by atoms with Crippen LogP contribution in [0, 0.1) is 0 Å². The maximum atomic E-state index is 13.8. The summed E-state index contributed by atoms with van der Waals surface area (Å²) < 4.78 is 24.8. The first-order valence-electron chi connectivity index (χ1n) is 11.3. The summed E-state index contributed by atoms with van der Waals surface area (Å²) in [6.45, 7) is 4.64. The number of unbranched alkanes of at least 4 members (excludes halogenated alkanes) is 1. The smallest absolute Gasteiger partial charge is 0.340 e. The predicted octanol–water partition coefficient (Wildman–Crippen LogP) is 6.85. The number of benzene rings is 2. The average molecular weight is 413 g/mol. The van der Waals surface area contributed by atoms with E-state index in [0.29, 0.717) is 12.5 Å². The van der Waals surface area contributed by atoms with Crippen LogP contribution < -0.4 is 4.74 Å². The molecule has 162 valence electrons. The van der Waals surface area contributed by atoms with Gasteiger partial charge in [0.15, 0.2) is 6.17 Å². The highest BCUT2D eigenvalue weighted by Crippen LogP contribution is 2.35. The molecule has 0 saturated heterocycles. The van der Waals surface area contributed by atoms with E-state index in [1.54, 1.807) is 0 Å². The van der Waals surface area contributed by atoms with Crippen molar-refractivity contribution in [1.29, 1.82) is 0 Å². The molecule has 0 amide bonds. The van der Waals surface area contributed by atoms with E-state index in [1.807, 2.05) is 26.0 Å². The number of hydrogen-bond acceptors (Lipinski definition) is 3. The second-order valence-corrected chi connectivity index (χ2v) is 8.10. The lowest BCUT2D eigenvalue weighted by molar-refractivity contribution is -0.157. The Hall–Kier alpha value is -2.36. The molecule has 3 nitrogen and oxygen atoms in total. The Balaban J connectivity index is 1.50. The Bertz CT molecular complexity index is 777. The Morgan fingerprint density at radius 3 is 2.13 bits per heavy atom. The van der Waals surface area contributed by atoms with E-state index in [9.17, 15) is 9.18 Å². The van der Waals surface area contributed by atoms with Crippen molar-refractivity contribution >= 4 is 5.97 Å². The minimum absolute atomic E-state index is 0.142. The van der Waals surface area contributed by atoms with Gasteiger partial charge in [0.2, 0.25) is 0 Å². The van der Waals surface area contributed by atoms with Gasteiger partial charge in [-0.1, -0.05) is 56.2 Å². The third-order valence-corrected chi connectivity index (χ3v) is 5.90. The number of esters is 1. The first-order chi connectivity index (χ1) is 14.6. The molecule has 0 radical (unpaired) electrons. The molecule has 2 aromatic carbocycles. The average Bonchev–Trinajstić information content (AvgIpc) is 2.79. The van der Waals surface area contributed by atoms with Crippen LogP contribution >= 0.6 is 0 Å². The molecule has 0 heterocycles. The lowest BCUT2D eigenvalue weighted by Gasteiger charge is -2.29. The second-order valence-electron chi connectivity index (χ2n) is 8.10. The summed E-state index contributed by atoms with van der Waals surface area (Å²) in [6.07, 6.45) is 3.79. The van der Waals surface area contributed by atoms with Gasteiger partial charge in [-0.3, -0.25) is 0 Å². The van der Waals surface area contributed by atoms with Crippen molar-refractivity contribution in [2.75, 3.05) is 6.61 Å². The van der Waals surface area contributed by atoms with Gasteiger partial charge < -0.3 is 9.47 Å². The second kappa shape index (κ2) is 11.1. The normalized spacial score (nSPS) is 19.8. The van der Waals surface area contributed by atoms with Gasteiger partial charge >= 0.3 is 5.97 Å². The third-order valence-electron chi connectivity index (χ3n) is 5.90. The third kappa shape index (κ3) is 6.07. The molecule has 0 bridgehead atoms. The molecule has 4 heteroatoms. The largest absolute Gasteiger partial charge is 0.494 e. The predicted molar refractivity (Wildman–Crippen MR) is 119 cm³/mol. The number of alkyl halides is 1. The van der Waals surface area contributed by atoms with E-state index in [-0.39, 0.29) is 12.5 Å². The van der Waals surface area contributed by atoms with E-state index in [1.165, 1.54) is 16.7 Å². The maximum Gasteiger partial charge on any atom is 0.340 e. The molecule has 30 heavy (non-hydrogen) atoms. The molecule has 0 aliphatic heterocycles. The molecule has 1 aliphatic carbocycles. The van der Waals surface area contributed by atoms with Gasteiger partial charge in [0.1, 0.15) is 11.9 Å².